The molecular formula is C48H96O4. The molecule has 0 aliphatic rings. The summed E-state index contributed by atoms with van der Waals surface area (Å²) in [6, 6.07) is 0. The van der Waals surface area contributed by atoms with Gasteiger partial charge in [0.05, 0.1) is 25.0 Å². The minimum absolute atomic E-state index is 0.0376. The monoisotopic (exact) mass is 737 g/mol. The molecule has 0 N–H and O–H groups in total. The van der Waals surface area contributed by atoms with Gasteiger partial charge in [0.25, 0.3) is 0 Å². The van der Waals surface area contributed by atoms with Crippen LogP contribution in [0.2, 0.25) is 0 Å². The fourth-order valence-corrected chi connectivity index (χ4v) is 7.05. The first-order chi connectivity index (χ1) is 25.5. The maximum absolute atomic E-state index is 12.0. The number of hydrogen-bond donors (Lipinski definition) is 0. The van der Waals surface area contributed by atoms with Crippen LogP contribution in [-0.2, 0) is 19.1 Å². The van der Waals surface area contributed by atoms with Gasteiger partial charge in [-0.05, 0) is 38.5 Å². The van der Waals surface area contributed by atoms with Gasteiger partial charge in [-0.1, -0.05) is 234 Å². The smallest absolute Gasteiger partial charge is 0.308 e. The summed E-state index contributed by atoms with van der Waals surface area (Å²) in [6.45, 7) is 14.3. The molecule has 0 aromatic heterocycles. The minimum Gasteiger partial charge on any atom is -0.465 e. The second-order valence-electron chi connectivity index (χ2n) is 16.0. The largest absolute Gasteiger partial charge is 0.465 e. The van der Waals surface area contributed by atoms with Gasteiger partial charge in [-0.3, -0.25) is 9.59 Å². The molecule has 0 aliphatic carbocycles. The summed E-state index contributed by atoms with van der Waals surface area (Å²) in [5, 5.41) is 0. The number of unbranched alkanes of at least 4 members (excludes halogenated alkanes) is 28. The summed E-state index contributed by atoms with van der Waals surface area (Å²) in [4.78, 5) is 24.0. The molecule has 52 heavy (non-hydrogen) atoms. The Balaban J connectivity index is 0. The summed E-state index contributed by atoms with van der Waals surface area (Å²) in [7, 11) is 0. The van der Waals surface area contributed by atoms with Crippen molar-refractivity contribution in [2.24, 2.45) is 11.8 Å². The molecular weight excluding hydrogens is 641 g/mol. The Bertz CT molecular complexity index is 634. The molecule has 2 atom stereocenters. The van der Waals surface area contributed by atoms with E-state index in [2.05, 4.69) is 41.5 Å². The van der Waals surface area contributed by atoms with Crippen LogP contribution >= 0.6 is 0 Å². The van der Waals surface area contributed by atoms with Crippen molar-refractivity contribution in [3.63, 3.8) is 0 Å². The summed E-state index contributed by atoms with van der Waals surface area (Å²) >= 11 is 0. The zero-order chi connectivity index (χ0) is 38.6. The Morgan fingerprint density at radius 2 is 0.519 bits per heavy atom. The van der Waals surface area contributed by atoms with Gasteiger partial charge in [-0.15, -0.1) is 0 Å². The van der Waals surface area contributed by atoms with Crippen molar-refractivity contribution in [3.8, 4) is 0 Å². The third kappa shape index (κ3) is 40.1. The molecule has 0 saturated carbocycles. The highest BCUT2D eigenvalue weighted by Gasteiger charge is 2.17. The third-order valence-electron chi connectivity index (χ3n) is 10.9. The molecule has 2 unspecified atom stereocenters. The number of carbonyl (C=O) groups excluding carboxylic acids is 2. The second-order valence-corrected chi connectivity index (χ2v) is 16.0. The Labute approximate surface area is 327 Å². The second kappa shape index (κ2) is 46.1. The average Bonchev–Trinajstić information content (AvgIpc) is 3.15. The molecule has 312 valence electrons. The van der Waals surface area contributed by atoms with E-state index in [1.54, 1.807) is 0 Å². The maximum atomic E-state index is 12.0. The van der Waals surface area contributed by atoms with Crippen molar-refractivity contribution in [2.75, 3.05) is 13.2 Å². The predicted octanol–water partition coefficient (Wildman–Crippen LogP) is 16.5. The van der Waals surface area contributed by atoms with Gasteiger partial charge >= 0.3 is 11.9 Å². The third-order valence-corrected chi connectivity index (χ3v) is 10.9. The van der Waals surface area contributed by atoms with E-state index in [1.807, 2.05) is 0 Å². The number of rotatable bonds is 40. The molecule has 4 nitrogen and oxygen atoms in total. The van der Waals surface area contributed by atoms with Crippen LogP contribution in [0.25, 0.3) is 0 Å². The van der Waals surface area contributed by atoms with Crippen LogP contribution in [-0.4, -0.2) is 25.2 Å². The standard InChI is InChI=1S/2C24H48O2/c2*1-4-7-9-10-11-12-13-14-15-16-17-18-19-20-22-26-24(25)23(6-3)21-8-5-2/h2*23H,4-22H2,1-3H3. The molecule has 0 aromatic carbocycles. The quantitative estimate of drug-likeness (QED) is 0.0464. The van der Waals surface area contributed by atoms with Crippen LogP contribution in [0.1, 0.15) is 273 Å². The normalized spacial score (nSPS) is 12.3. The molecule has 0 aromatic rings. The van der Waals surface area contributed by atoms with Gasteiger partial charge in [0.15, 0.2) is 0 Å². The van der Waals surface area contributed by atoms with Crippen LogP contribution in [0, 0.1) is 11.8 Å². The molecule has 0 amide bonds. The van der Waals surface area contributed by atoms with Gasteiger partial charge < -0.3 is 9.47 Å². The van der Waals surface area contributed by atoms with E-state index in [9.17, 15) is 9.59 Å². The van der Waals surface area contributed by atoms with E-state index >= 15 is 0 Å². The molecule has 0 spiro atoms. The minimum atomic E-state index is 0.0376. The van der Waals surface area contributed by atoms with Gasteiger partial charge in [-0.2, -0.15) is 0 Å². The zero-order valence-corrected chi connectivity index (χ0v) is 36.7. The zero-order valence-electron chi connectivity index (χ0n) is 36.7. The summed E-state index contributed by atoms with van der Waals surface area (Å²) in [5.74, 6) is 0.328. The van der Waals surface area contributed by atoms with Crippen molar-refractivity contribution in [1.29, 1.82) is 0 Å². The first-order valence-electron chi connectivity index (χ1n) is 23.8. The molecule has 4 heteroatoms. The molecule has 0 rings (SSSR count). The van der Waals surface area contributed by atoms with Crippen LogP contribution in [0.5, 0.6) is 0 Å². The lowest BCUT2D eigenvalue weighted by Crippen LogP contribution is -2.17. The lowest BCUT2D eigenvalue weighted by atomic mass is 10.00. The molecule has 0 saturated heterocycles. The molecule has 0 aliphatic heterocycles. The average molecular weight is 737 g/mol. The number of esters is 2. The van der Waals surface area contributed by atoms with Crippen molar-refractivity contribution >= 4 is 11.9 Å². The highest BCUT2D eigenvalue weighted by atomic mass is 16.5. The number of carbonyl (C=O) groups is 2. The van der Waals surface area contributed by atoms with Crippen molar-refractivity contribution < 1.29 is 19.1 Å². The number of hydrogen-bond acceptors (Lipinski definition) is 4. The van der Waals surface area contributed by atoms with Gasteiger partial charge in [0.1, 0.15) is 0 Å². The Morgan fingerprint density at radius 3 is 0.731 bits per heavy atom. The van der Waals surface area contributed by atoms with Crippen LogP contribution in [0.3, 0.4) is 0 Å². The molecule has 0 fully saturated rings. The van der Waals surface area contributed by atoms with E-state index in [4.69, 9.17) is 9.47 Å². The van der Waals surface area contributed by atoms with Crippen molar-refractivity contribution in [2.45, 2.75) is 273 Å². The first kappa shape index (κ1) is 53.0. The van der Waals surface area contributed by atoms with E-state index < -0.39 is 0 Å². The molecule has 0 bridgehead atoms. The molecule has 0 heterocycles. The maximum Gasteiger partial charge on any atom is 0.308 e. The van der Waals surface area contributed by atoms with Crippen molar-refractivity contribution in [1.82, 2.24) is 0 Å². The van der Waals surface area contributed by atoms with E-state index in [1.165, 1.54) is 167 Å². The van der Waals surface area contributed by atoms with Gasteiger partial charge in [-0.25, -0.2) is 0 Å². The lowest BCUT2D eigenvalue weighted by molar-refractivity contribution is -0.150. The summed E-state index contributed by atoms with van der Waals surface area (Å²) in [6.07, 6.45) is 46.4. The Morgan fingerprint density at radius 1 is 0.308 bits per heavy atom. The van der Waals surface area contributed by atoms with Crippen molar-refractivity contribution in [3.05, 3.63) is 0 Å². The Hall–Kier alpha value is -1.06. The van der Waals surface area contributed by atoms with E-state index in [-0.39, 0.29) is 23.8 Å². The van der Waals surface area contributed by atoms with E-state index in [0.29, 0.717) is 13.2 Å². The fourth-order valence-electron chi connectivity index (χ4n) is 7.05. The summed E-state index contributed by atoms with van der Waals surface area (Å²) in [5.41, 5.74) is 0. The Kier molecular flexibility index (Phi) is 47.0. The van der Waals surface area contributed by atoms with Gasteiger partial charge in [0.2, 0.25) is 0 Å². The predicted molar refractivity (Wildman–Crippen MR) is 229 cm³/mol. The SMILES string of the molecule is CCCCCCCCCCCCCCCCOC(=O)C(CC)CCCC.CCCCCCCCCCCCCCCCOC(=O)C(CC)CCCC. The lowest BCUT2D eigenvalue weighted by Gasteiger charge is -2.13. The number of ether oxygens (including phenoxy) is 2. The topological polar surface area (TPSA) is 52.6 Å². The first-order valence-corrected chi connectivity index (χ1v) is 23.8. The fraction of sp³-hybridized carbons (Fsp3) is 0.958. The highest BCUT2D eigenvalue weighted by molar-refractivity contribution is 5.72. The molecule has 0 radical (unpaired) electrons. The van der Waals surface area contributed by atoms with Crippen LogP contribution in [0.15, 0.2) is 0 Å². The summed E-state index contributed by atoms with van der Waals surface area (Å²) < 4.78 is 10.9. The van der Waals surface area contributed by atoms with Gasteiger partial charge in [0, 0.05) is 0 Å². The van der Waals surface area contributed by atoms with E-state index in [0.717, 1.165) is 64.2 Å². The van der Waals surface area contributed by atoms with Crippen LogP contribution in [0.4, 0.5) is 0 Å². The highest BCUT2D eigenvalue weighted by Crippen LogP contribution is 2.18. The van der Waals surface area contributed by atoms with Crippen LogP contribution < -0.4 is 0 Å².